The van der Waals surface area contributed by atoms with Crippen LogP contribution in [0.3, 0.4) is 0 Å². The number of pyridine rings is 1. The second kappa shape index (κ2) is 8.21. The Balaban J connectivity index is 1.34. The largest absolute Gasteiger partial charge is 0.391 e. The molecule has 2 aromatic rings. The quantitative estimate of drug-likeness (QED) is 0.806. The fourth-order valence-electron chi connectivity index (χ4n) is 5.68. The van der Waals surface area contributed by atoms with Crippen molar-refractivity contribution in [3.63, 3.8) is 0 Å². The van der Waals surface area contributed by atoms with E-state index in [-0.39, 0.29) is 6.04 Å². The molecule has 5 rings (SSSR count). The van der Waals surface area contributed by atoms with Crippen LogP contribution in [0.1, 0.15) is 54.2 Å². The molecule has 31 heavy (non-hydrogen) atoms. The molecule has 1 saturated carbocycles. The molecule has 0 amide bonds. The Kier molecular flexibility index (Phi) is 5.40. The normalized spacial score (nSPS) is 27.8. The summed E-state index contributed by atoms with van der Waals surface area (Å²) in [6, 6.07) is 4.41. The average molecular weight is 422 g/mol. The lowest BCUT2D eigenvalue weighted by molar-refractivity contribution is 0.0298. The maximum atomic E-state index is 10.9. The summed E-state index contributed by atoms with van der Waals surface area (Å²) in [6.45, 7) is 2.48. The fourth-order valence-corrected chi connectivity index (χ4v) is 5.68. The van der Waals surface area contributed by atoms with Gasteiger partial charge in [0.05, 0.1) is 29.6 Å². The van der Waals surface area contributed by atoms with Gasteiger partial charge in [-0.15, -0.1) is 5.10 Å². The van der Waals surface area contributed by atoms with Crippen molar-refractivity contribution >= 4 is 5.82 Å². The SMILES string of the molecule is CN(C)Cc1cn([C@@H]2C[C@@H]3CN(c4nc5c(cc4C#N)CCCC5)C[C@@H]3C[C@H]2O)nn1. The number of rotatable bonds is 4. The Morgan fingerprint density at radius 3 is 2.74 bits per heavy atom. The molecule has 1 saturated heterocycles. The number of aryl methyl sites for hydroxylation is 2. The van der Waals surface area contributed by atoms with Crippen LogP contribution in [0.5, 0.6) is 0 Å². The Morgan fingerprint density at radius 1 is 1.19 bits per heavy atom. The van der Waals surface area contributed by atoms with Gasteiger partial charge in [-0.1, -0.05) is 5.21 Å². The van der Waals surface area contributed by atoms with Gasteiger partial charge in [0.2, 0.25) is 0 Å². The zero-order chi connectivity index (χ0) is 21.5. The average Bonchev–Trinajstić information content (AvgIpc) is 3.38. The van der Waals surface area contributed by atoms with E-state index in [0.29, 0.717) is 17.4 Å². The van der Waals surface area contributed by atoms with Crippen LogP contribution in [0.25, 0.3) is 0 Å². The van der Waals surface area contributed by atoms with Crippen molar-refractivity contribution in [1.29, 1.82) is 5.26 Å². The van der Waals surface area contributed by atoms with Crippen LogP contribution in [-0.2, 0) is 19.4 Å². The molecule has 1 N–H and O–H groups in total. The molecular formula is C23H31N7O. The van der Waals surface area contributed by atoms with Crippen LogP contribution in [-0.4, -0.2) is 63.3 Å². The third-order valence-electron chi connectivity index (χ3n) is 7.19. The molecule has 2 aromatic heterocycles. The van der Waals surface area contributed by atoms with E-state index < -0.39 is 6.10 Å². The summed E-state index contributed by atoms with van der Waals surface area (Å²) in [7, 11) is 4.02. The fraction of sp³-hybridized carbons (Fsp3) is 0.652. The molecule has 0 radical (unpaired) electrons. The van der Waals surface area contributed by atoms with E-state index in [0.717, 1.165) is 56.8 Å². The van der Waals surface area contributed by atoms with Crippen LogP contribution in [0, 0.1) is 23.2 Å². The van der Waals surface area contributed by atoms with Crippen LogP contribution in [0.15, 0.2) is 12.3 Å². The van der Waals surface area contributed by atoms with Gasteiger partial charge in [0.1, 0.15) is 11.9 Å². The number of nitriles is 1. The standard InChI is InChI=1S/C23H31N7O/c1-28(2)13-19-14-30(27-26-19)21-8-17-11-29(12-18(17)9-22(21)31)23-16(10-24)7-15-5-3-4-6-20(15)25-23/h7,14,17-18,21-22,31H,3-6,8-9,11-13H2,1-2H3/t17-,18+,21-,22-/m1/s1. The van der Waals surface area contributed by atoms with E-state index in [9.17, 15) is 10.4 Å². The molecule has 0 unspecified atom stereocenters. The first-order valence-corrected chi connectivity index (χ1v) is 11.4. The monoisotopic (exact) mass is 421 g/mol. The third-order valence-corrected chi connectivity index (χ3v) is 7.19. The van der Waals surface area contributed by atoms with Crippen molar-refractivity contribution < 1.29 is 5.11 Å². The maximum Gasteiger partial charge on any atom is 0.146 e. The molecule has 1 aliphatic heterocycles. The van der Waals surface area contributed by atoms with Crippen LogP contribution in [0.4, 0.5) is 5.82 Å². The molecule has 0 bridgehead atoms. The Labute approximate surface area is 183 Å². The first-order chi connectivity index (χ1) is 15.0. The van der Waals surface area contributed by atoms with Gasteiger partial charge in [0.15, 0.2) is 0 Å². The summed E-state index contributed by atoms with van der Waals surface area (Å²) in [6.07, 6.45) is 7.58. The number of fused-ring (bicyclic) bond motifs is 2. The first kappa shape index (κ1) is 20.4. The third kappa shape index (κ3) is 3.92. The maximum absolute atomic E-state index is 10.9. The van der Waals surface area contributed by atoms with Gasteiger partial charge in [-0.3, -0.25) is 0 Å². The minimum Gasteiger partial charge on any atom is -0.391 e. The molecular weight excluding hydrogens is 390 g/mol. The van der Waals surface area contributed by atoms with Gasteiger partial charge < -0.3 is 14.9 Å². The lowest BCUT2D eigenvalue weighted by Gasteiger charge is -2.34. The summed E-state index contributed by atoms with van der Waals surface area (Å²) in [5.74, 6) is 1.72. The Morgan fingerprint density at radius 2 is 1.97 bits per heavy atom. The smallest absolute Gasteiger partial charge is 0.146 e. The van der Waals surface area contributed by atoms with Crippen molar-refractivity contribution in [3.05, 3.63) is 34.8 Å². The number of nitrogens with zero attached hydrogens (tertiary/aromatic N) is 7. The highest BCUT2D eigenvalue weighted by Crippen LogP contribution is 2.43. The van der Waals surface area contributed by atoms with Crippen LogP contribution in [0.2, 0.25) is 0 Å². The van der Waals surface area contributed by atoms with Crippen LogP contribution >= 0.6 is 0 Å². The molecule has 4 atom stereocenters. The highest BCUT2D eigenvalue weighted by atomic mass is 16.3. The van der Waals surface area contributed by atoms with Crippen molar-refractivity contribution in [2.45, 2.75) is 57.2 Å². The Hall–Kier alpha value is -2.50. The predicted molar refractivity (Wildman–Crippen MR) is 116 cm³/mol. The molecule has 3 aliphatic rings. The lowest BCUT2D eigenvalue weighted by atomic mass is 9.77. The molecule has 3 heterocycles. The summed E-state index contributed by atoms with van der Waals surface area (Å²) in [5.41, 5.74) is 4.03. The zero-order valence-electron chi connectivity index (χ0n) is 18.4. The second-order valence-electron chi connectivity index (χ2n) is 9.74. The minimum atomic E-state index is -0.429. The highest BCUT2D eigenvalue weighted by Gasteiger charge is 2.43. The molecule has 0 spiro atoms. The van der Waals surface area contributed by atoms with Gasteiger partial charge in [-0.05, 0) is 76.1 Å². The zero-order valence-corrected chi connectivity index (χ0v) is 18.4. The van der Waals surface area contributed by atoms with Crippen molar-refractivity contribution in [2.75, 3.05) is 32.1 Å². The number of aliphatic hydroxyl groups is 1. The molecule has 2 aliphatic carbocycles. The van der Waals surface area contributed by atoms with E-state index in [1.54, 1.807) is 0 Å². The van der Waals surface area contributed by atoms with Gasteiger partial charge in [-0.25, -0.2) is 9.67 Å². The number of hydrogen-bond donors (Lipinski definition) is 1. The second-order valence-corrected chi connectivity index (χ2v) is 9.74. The van der Waals surface area contributed by atoms with E-state index >= 15 is 0 Å². The van der Waals surface area contributed by atoms with Gasteiger partial charge in [-0.2, -0.15) is 5.26 Å². The molecule has 164 valence electrons. The molecule has 2 fully saturated rings. The number of anilines is 1. The van der Waals surface area contributed by atoms with Crippen molar-refractivity contribution in [3.8, 4) is 6.07 Å². The molecule has 0 aromatic carbocycles. The molecule has 8 heteroatoms. The summed E-state index contributed by atoms with van der Waals surface area (Å²) in [4.78, 5) is 9.31. The number of aliphatic hydroxyl groups excluding tert-OH is 1. The van der Waals surface area contributed by atoms with Crippen LogP contribution < -0.4 is 4.90 Å². The summed E-state index contributed by atoms with van der Waals surface area (Å²) < 4.78 is 1.86. The first-order valence-electron chi connectivity index (χ1n) is 11.4. The van der Waals surface area contributed by atoms with Gasteiger partial charge in [0, 0.05) is 25.3 Å². The van der Waals surface area contributed by atoms with Gasteiger partial charge >= 0.3 is 0 Å². The van der Waals surface area contributed by atoms with E-state index in [4.69, 9.17) is 4.98 Å². The topological polar surface area (TPSA) is 94.1 Å². The van der Waals surface area contributed by atoms with Crippen molar-refractivity contribution in [2.24, 2.45) is 11.8 Å². The lowest BCUT2D eigenvalue weighted by Crippen LogP contribution is -2.36. The predicted octanol–water partition coefficient (Wildman–Crippen LogP) is 1.93. The van der Waals surface area contributed by atoms with Crippen molar-refractivity contribution in [1.82, 2.24) is 24.9 Å². The van der Waals surface area contributed by atoms with E-state index in [1.165, 1.54) is 24.1 Å². The Bertz CT molecular complexity index is 994. The number of aromatic nitrogens is 4. The summed E-state index contributed by atoms with van der Waals surface area (Å²) >= 11 is 0. The van der Waals surface area contributed by atoms with E-state index in [1.807, 2.05) is 25.0 Å². The summed E-state index contributed by atoms with van der Waals surface area (Å²) in [5, 5.41) is 29.3. The minimum absolute atomic E-state index is 0.0449. The van der Waals surface area contributed by atoms with E-state index in [2.05, 4.69) is 32.2 Å². The highest BCUT2D eigenvalue weighted by molar-refractivity contribution is 5.57. The van der Waals surface area contributed by atoms with Gasteiger partial charge in [0.25, 0.3) is 0 Å². The number of hydrogen-bond acceptors (Lipinski definition) is 7. The molecule has 8 nitrogen and oxygen atoms in total.